The van der Waals surface area contributed by atoms with Gasteiger partial charge in [-0.05, 0) is 36.6 Å². The van der Waals surface area contributed by atoms with Crippen molar-refractivity contribution in [2.45, 2.75) is 38.8 Å². The molecule has 0 aromatic heterocycles. The highest BCUT2D eigenvalue weighted by molar-refractivity contribution is 5.86. The Morgan fingerprint density at radius 1 is 1.15 bits per heavy atom. The average Bonchev–Trinajstić information content (AvgIpc) is 2.44. The molecule has 0 spiro atoms. The molecular weight excluding hydrogens is 250 g/mol. The lowest BCUT2D eigenvalue weighted by Gasteiger charge is -2.17. The fraction of sp³-hybridized carbons (Fsp3) is 0.353. The molecule has 0 heterocycles. The lowest BCUT2D eigenvalue weighted by molar-refractivity contribution is -0.122. The van der Waals surface area contributed by atoms with Crippen LogP contribution in [0.2, 0.25) is 0 Å². The van der Waals surface area contributed by atoms with Crippen molar-refractivity contribution < 1.29 is 9.90 Å². The smallest absolute Gasteiger partial charge is 0.220 e. The van der Waals surface area contributed by atoms with Crippen LogP contribution in [0.15, 0.2) is 42.5 Å². The van der Waals surface area contributed by atoms with Gasteiger partial charge in [-0.25, -0.2) is 0 Å². The molecule has 2 unspecified atom stereocenters. The van der Waals surface area contributed by atoms with E-state index in [9.17, 15) is 9.90 Å². The van der Waals surface area contributed by atoms with Crippen LogP contribution in [0.4, 0.5) is 0 Å². The number of benzene rings is 2. The van der Waals surface area contributed by atoms with E-state index in [0.29, 0.717) is 12.8 Å². The predicted molar refractivity (Wildman–Crippen MR) is 81.4 cm³/mol. The minimum absolute atomic E-state index is 0.0219. The van der Waals surface area contributed by atoms with Crippen molar-refractivity contribution in [3.05, 3.63) is 48.0 Å². The Balaban J connectivity index is 2.11. The Kier molecular flexibility index (Phi) is 4.74. The summed E-state index contributed by atoms with van der Waals surface area (Å²) in [6, 6.07) is 14.2. The Morgan fingerprint density at radius 3 is 2.60 bits per heavy atom. The Hall–Kier alpha value is -1.87. The van der Waals surface area contributed by atoms with Gasteiger partial charge in [-0.1, -0.05) is 42.5 Å². The molecule has 0 aliphatic rings. The van der Waals surface area contributed by atoms with Crippen LogP contribution < -0.4 is 5.32 Å². The van der Waals surface area contributed by atoms with Crippen LogP contribution in [0.3, 0.4) is 0 Å². The lowest BCUT2D eigenvalue weighted by atomic mass is 9.99. The second-order valence-corrected chi connectivity index (χ2v) is 5.25. The number of aliphatic hydroxyl groups is 1. The van der Waals surface area contributed by atoms with Gasteiger partial charge in [0.15, 0.2) is 0 Å². The van der Waals surface area contributed by atoms with Gasteiger partial charge in [0, 0.05) is 6.42 Å². The molecule has 2 aromatic rings. The van der Waals surface area contributed by atoms with Crippen molar-refractivity contribution in [2.24, 2.45) is 0 Å². The van der Waals surface area contributed by atoms with Crippen molar-refractivity contribution in [3.63, 3.8) is 0 Å². The summed E-state index contributed by atoms with van der Waals surface area (Å²) in [5, 5.41) is 14.5. The molecule has 2 atom stereocenters. The maximum absolute atomic E-state index is 11.8. The minimum atomic E-state index is -0.436. The third kappa shape index (κ3) is 3.58. The summed E-state index contributed by atoms with van der Waals surface area (Å²) >= 11 is 0. The van der Waals surface area contributed by atoms with Crippen molar-refractivity contribution in [3.8, 4) is 0 Å². The second kappa shape index (κ2) is 6.53. The highest BCUT2D eigenvalue weighted by atomic mass is 16.3. The van der Waals surface area contributed by atoms with Crippen molar-refractivity contribution in [2.75, 3.05) is 0 Å². The van der Waals surface area contributed by atoms with E-state index in [-0.39, 0.29) is 11.9 Å². The van der Waals surface area contributed by atoms with E-state index in [1.807, 2.05) is 31.2 Å². The maximum atomic E-state index is 11.8. The molecule has 0 fully saturated rings. The topological polar surface area (TPSA) is 49.3 Å². The van der Waals surface area contributed by atoms with Crippen molar-refractivity contribution in [1.82, 2.24) is 5.32 Å². The molecule has 3 heteroatoms. The molecule has 0 radical (unpaired) electrons. The van der Waals surface area contributed by atoms with E-state index in [2.05, 4.69) is 23.5 Å². The van der Waals surface area contributed by atoms with Crippen molar-refractivity contribution in [1.29, 1.82) is 0 Å². The molecular formula is C17H21NO2. The molecule has 2 aromatic carbocycles. The van der Waals surface area contributed by atoms with E-state index < -0.39 is 6.10 Å². The van der Waals surface area contributed by atoms with Crippen LogP contribution in [-0.2, 0) is 4.79 Å². The molecule has 0 bridgehead atoms. The number of nitrogens with one attached hydrogen (secondary N) is 1. The van der Waals surface area contributed by atoms with Crippen LogP contribution in [0, 0.1) is 0 Å². The first-order valence-corrected chi connectivity index (χ1v) is 7.03. The van der Waals surface area contributed by atoms with Crippen LogP contribution in [-0.4, -0.2) is 17.1 Å². The highest BCUT2D eigenvalue weighted by Gasteiger charge is 2.12. The third-order valence-electron chi connectivity index (χ3n) is 3.46. The zero-order valence-corrected chi connectivity index (χ0v) is 12.0. The summed E-state index contributed by atoms with van der Waals surface area (Å²) < 4.78 is 0. The number of hydrogen-bond donors (Lipinski definition) is 2. The van der Waals surface area contributed by atoms with Crippen LogP contribution >= 0.6 is 0 Å². The van der Waals surface area contributed by atoms with Gasteiger partial charge < -0.3 is 10.4 Å². The van der Waals surface area contributed by atoms with Gasteiger partial charge in [0.25, 0.3) is 0 Å². The summed E-state index contributed by atoms with van der Waals surface area (Å²) in [6.45, 7) is 3.68. The summed E-state index contributed by atoms with van der Waals surface area (Å²) in [5.41, 5.74) is 1.12. The van der Waals surface area contributed by atoms with E-state index in [0.717, 1.165) is 5.56 Å². The van der Waals surface area contributed by atoms with Crippen LogP contribution in [0.5, 0.6) is 0 Å². The lowest BCUT2D eigenvalue weighted by Crippen LogP contribution is -2.27. The molecule has 106 valence electrons. The van der Waals surface area contributed by atoms with Gasteiger partial charge in [-0.2, -0.15) is 0 Å². The van der Waals surface area contributed by atoms with Gasteiger partial charge in [-0.3, -0.25) is 4.79 Å². The van der Waals surface area contributed by atoms with Gasteiger partial charge >= 0.3 is 0 Å². The fourth-order valence-electron chi connectivity index (χ4n) is 2.36. The second-order valence-electron chi connectivity index (χ2n) is 5.25. The summed E-state index contributed by atoms with van der Waals surface area (Å²) in [7, 11) is 0. The highest BCUT2D eigenvalue weighted by Crippen LogP contribution is 2.24. The molecule has 20 heavy (non-hydrogen) atoms. The minimum Gasteiger partial charge on any atom is -0.393 e. The van der Waals surface area contributed by atoms with E-state index in [1.165, 1.54) is 10.8 Å². The number of rotatable bonds is 5. The van der Waals surface area contributed by atoms with Gasteiger partial charge in [0.05, 0.1) is 12.1 Å². The molecule has 0 aliphatic carbocycles. The van der Waals surface area contributed by atoms with E-state index in [1.54, 1.807) is 6.92 Å². The number of hydrogen-bond acceptors (Lipinski definition) is 2. The third-order valence-corrected chi connectivity index (χ3v) is 3.46. The first kappa shape index (κ1) is 14.5. The maximum Gasteiger partial charge on any atom is 0.220 e. The molecule has 0 aliphatic heterocycles. The largest absolute Gasteiger partial charge is 0.393 e. The zero-order valence-electron chi connectivity index (χ0n) is 12.0. The average molecular weight is 271 g/mol. The van der Waals surface area contributed by atoms with Gasteiger partial charge in [0.1, 0.15) is 0 Å². The van der Waals surface area contributed by atoms with E-state index >= 15 is 0 Å². The molecule has 3 nitrogen and oxygen atoms in total. The summed E-state index contributed by atoms with van der Waals surface area (Å²) in [6.07, 6.45) is 0.412. The van der Waals surface area contributed by atoms with Crippen molar-refractivity contribution >= 4 is 16.7 Å². The number of carbonyl (C=O) groups is 1. The normalized spacial score (nSPS) is 13.9. The zero-order chi connectivity index (χ0) is 14.5. The van der Waals surface area contributed by atoms with Crippen LogP contribution in [0.25, 0.3) is 10.8 Å². The fourth-order valence-corrected chi connectivity index (χ4v) is 2.36. The number of carbonyl (C=O) groups excluding carboxylic acids is 1. The monoisotopic (exact) mass is 271 g/mol. The molecule has 1 amide bonds. The number of aliphatic hydroxyl groups excluding tert-OH is 1. The van der Waals surface area contributed by atoms with Crippen LogP contribution in [0.1, 0.15) is 38.3 Å². The Labute approximate surface area is 119 Å². The number of amides is 1. The number of fused-ring (bicyclic) bond motifs is 1. The van der Waals surface area contributed by atoms with Gasteiger partial charge in [-0.15, -0.1) is 0 Å². The standard InChI is InChI=1S/C17H21NO2/c1-12(19)10-11-17(20)18-13(2)15-9-5-7-14-6-3-4-8-16(14)15/h3-9,12-13,19H,10-11H2,1-2H3,(H,18,20). The first-order valence-electron chi connectivity index (χ1n) is 7.03. The quantitative estimate of drug-likeness (QED) is 0.877. The molecule has 0 saturated heterocycles. The molecule has 2 rings (SSSR count). The first-order chi connectivity index (χ1) is 9.58. The Bertz CT molecular complexity index is 587. The summed E-state index contributed by atoms with van der Waals surface area (Å²) in [4.78, 5) is 11.8. The molecule has 0 saturated carbocycles. The van der Waals surface area contributed by atoms with Gasteiger partial charge in [0.2, 0.25) is 5.91 Å². The summed E-state index contributed by atoms with van der Waals surface area (Å²) in [5.74, 6) is -0.0219. The predicted octanol–water partition coefficient (Wildman–Crippen LogP) is 3.18. The SMILES string of the molecule is CC(O)CCC(=O)NC(C)c1cccc2ccccc12. The molecule has 2 N–H and O–H groups in total. The van der Waals surface area contributed by atoms with E-state index in [4.69, 9.17) is 0 Å². The Morgan fingerprint density at radius 2 is 1.85 bits per heavy atom.